The van der Waals surface area contributed by atoms with Gasteiger partial charge in [-0.15, -0.1) is 0 Å². The van der Waals surface area contributed by atoms with Gasteiger partial charge in [0.1, 0.15) is 0 Å². The second-order valence-electron chi connectivity index (χ2n) is 2.25. The van der Waals surface area contributed by atoms with Crippen LogP contribution in [0.15, 0.2) is 19.9 Å². The maximum Gasteiger partial charge on any atom is 0.328 e. The highest BCUT2D eigenvalue weighted by atomic mass is 127. The first kappa shape index (κ1) is 9.24. The fraction of sp³-hybridized carbons (Fsp3) is 0.143. The van der Waals surface area contributed by atoms with E-state index >= 15 is 0 Å². The molecule has 0 aliphatic heterocycles. The Labute approximate surface area is 82.1 Å². The molecule has 0 amide bonds. The molecule has 1 aromatic heterocycles. The molecule has 4 nitrogen and oxygen atoms in total. The van der Waals surface area contributed by atoms with Crippen molar-refractivity contribution in [3.8, 4) is 0 Å². The molecule has 5 heteroatoms. The predicted octanol–water partition coefficient (Wildman–Crippen LogP) is 0.479. The van der Waals surface area contributed by atoms with E-state index in [9.17, 15) is 9.59 Å². The normalized spacial score (nSPS) is 10.8. The fourth-order valence-corrected chi connectivity index (χ4v) is 1.16. The first-order valence-electron chi connectivity index (χ1n) is 3.22. The molecular formula is C7H7IN2O2. The number of hydrogen-bond acceptors (Lipinski definition) is 2. The SMILES string of the molecule is Cn1cc(/C=C/I)c(=O)[nH]c1=O. The van der Waals surface area contributed by atoms with E-state index in [0.29, 0.717) is 5.56 Å². The topological polar surface area (TPSA) is 54.9 Å². The molecule has 0 spiro atoms. The van der Waals surface area contributed by atoms with Crippen LogP contribution in [0.1, 0.15) is 5.56 Å². The van der Waals surface area contributed by atoms with E-state index in [1.54, 1.807) is 17.2 Å². The highest BCUT2D eigenvalue weighted by Crippen LogP contribution is 1.94. The third-order valence-corrected chi connectivity index (χ3v) is 1.74. The summed E-state index contributed by atoms with van der Waals surface area (Å²) in [6.45, 7) is 0. The van der Waals surface area contributed by atoms with Crippen LogP contribution in [0.2, 0.25) is 0 Å². The zero-order chi connectivity index (χ0) is 9.14. The molecule has 0 fully saturated rings. The molecule has 64 valence electrons. The number of aromatic nitrogens is 2. The molecule has 1 N–H and O–H groups in total. The molecule has 1 heterocycles. The lowest BCUT2D eigenvalue weighted by Gasteiger charge is -1.96. The van der Waals surface area contributed by atoms with Gasteiger partial charge in [-0.05, 0) is 10.2 Å². The van der Waals surface area contributed by atoms with Gasteiger partial charge >= 0.3 is 5.69 Å². The fourth-order valence-electron chi connectivity index (χ4n) is 0.770. The highest BCUT2D eigenvalue weighted by molar-refractivity contribution is 14.1. The molecule has 0 bridgehead atoms. The monoisotopic (exact) mass is 278 g/mol. The van der Waals surface area contributed by atoms with Crippen LogP contribution in [0.4, 0.5) is 0 Å². The number of hydrogen-bond donors (Lipinski definition) is 1. The third-order valence-electron chi connectivity index (χ3n) is 1.38. The standard InChI is InChI=1S/C7H7IN2O2/c1-10-4-5(2-3-8)6(11)9-7(10)12/h2-4H,1H3,(H,9,11,12)/b3-2+. The average Bonchev–Trinajstić information content (AvgIpc) is 2.01. The van der Waals surface area contributed by atoms with Gasteiger partial charge < -0.3 is 4.57 Å². The van der Waals surface area contributed by atoms with Gasteiger partial charge in [0.2, 0.25) is 0 Å². The van der Waals surface area contributed by atoms with Crippen LogP contribution in [0.3, 0.4) is 0 Å². The number of nitrogens with one attached hydrogen (secondary N) is 1. The quantitative estimate of drug-likeness (QED) is 0.760. The zero-order valence-electron chi connectivity index (χ0n) is 6.37. The molecule has 1 aromatic rings. The Morgan fingerprint density at radius 2 is 2.25 bits per heavy atom. The van der Waals surface area contributed by atoms with Crippen LogP contribution in [-0.2, 0) is 7.05 Å². The van der Waals surface area contributed by atoms with Crippen LogP contribution in [0, 0.1) is 0 Å². The first-order chi connectivity index (χ1) is 5.65. The zero-order valence-corrected chi connectivity index (χ0v) is 8.53. The van der Waals surface area contributed by atoms with Crippen molar-refractivity contribution in [1.29, 1.82) is 0 Å². The number of aryl methyl sites for hydroxylation is 1. The van der Waals surface area contributed by atoms with E-state index in [1.165, 1.54) is 10.8 Å². The third kappa shape index (κ3) is 1.84. The smallest absolute Gasteiger partial charge is 0.303 e. The van der Waals surface area contributed by atoms with Gasteiger partial charge in [-0.2, -0.15) is 0 Å². The van der Waals surface area contributed by atoms with E-state index < -0.39 is 5.69 Å². The van der Waals surface area contributed by atoms with Crippen LogP contribution < -0.4 is 11.2 Å². The molecule has 1 rings (SSSR count). The largest absolute Gasteiger partial charge is 0.328 e. The van der Waals surface area contributed by atoms with Crippen molar-refractivity contribution in [2.24, 2.45) is 7.05 Å². The minimum atomic E-state index is -0.398. The average molecular weight is 278 g/mol. The van der Waals surface area contributed by atoms with Crippen molar-refractivity contribution >= 4 is 28.7 Å². The molecule has 12 heavy (non-hydrogen) atoms. The van der Waals surface area contributed by atoms with Gasteiger partial charge in [0, 0.05) is 13.2 Å². The summed E-state index contributed by atoms with van der Waals surface area (Å²) < 4.78 is 3.04. The lowest BCUT2D eigenvalue weighted by Crippen LogP contribution is -2.28. The molecule has 0 aromatic carbocycles. The van der Waals surface area contributed by atoms with E-state index in [2.05, 4.69) is 4.98 Å². The minimum Gasteiger partial charge on any atom is -0.303 e. The summed E-state index contributed by atoms with van der Waals surface area (Å²) >= 11 is 2.01. The van der Waals surface area contributed by atoms with Crippen LogP contribution >= 0.6 is 22.6 Å². The molecule has 0 unspecified atom stereocenters. The molecule has 0 saturated carbocycles. The molecular weight excluding hydrogens is 271 g/mol. The number of nitrogens with zero attached hydrogens (tertiary/aromatic N) is 1. The number of H-pyrrole nitrogens is 1. The number of halogens is 1. The Hall–Kier alpha value is -0.850. The molecule has 0 radical (unpaired) electrons. The van der Waals surface area contributed by atoms with E-state index in [-0.39, 0.29) is 5.56 Å². The lowest BCUT2D eigenvalue weighted by molar-refractivity contribution is 0.796. The van der Waals surface area contributed by atoms with E-state index in [4.69, 9.17) is 0 Å². The maximum atomic E-state index is 11.1. The van der Waals surface area contributed by atoms with Crippen molar-refractivity contribution in [2.75, 3.05) is 0 Å². The summed E-state index contributed by atoms with van der Waals surface area (Å²) in [5, 5.41) is 0. The predicted molar refractivity (Wildman–Crippen MR) is 55.4 cm³/mol. The summed E-state index contributed by atoms with van der Waals surface area (Å²) in [5.41, 5.74) is -0.275. The summed E-state index contributed by atoms with van der Waals surface area (Å²) in [4.78, 5) is 24.1. The van der Waals surface area contributed by atoms with Gasteiger partial charge in [0.05, 0.1) is 5.56 Å². The number of rotatable bonds is 1. The Balaban J connectivity index is 3.43. The van der Waals surface area contributed by atoms with Crippen molar-refractivity contribution in [1.82, 2.24) is 9.55 Å². The van der Waals surface area contributed by atoms with Gasteiger partial charge in [-0.1, -0.05) is 22.6 Å². The van der Waals surface area contributed by atoms with E-state index in [0.717, 1.165) is 0 Å². The Bertz CT molecular complexity index is 416. The summed E-state index contributed by atoms with van der Waals surface area (Å²) in [5.74, 6) is 0. The minimum absolute atomic E-state index is 0.356. The second kappa shape index (κ2) is 3.70. The Kier molecular flexibility index (Phi) is 2.85. The van der Waals surface area contributed by atoms with Crippen molar-refractivity contribution in [2.45, 2.75) is 0 Å². The maximum absolute atomic E-state index is 11.1. The first-order valence-corrected chi connectivity index (χ1v) is 4.46. The number of aromatic amines is 1. The molecule has 0 aliphatic carbocycles. The molecule has 0 aliphatic rings. The van der Waals surface area contributed by atoms with Gasteiger partial charge in [-0.3, -0.25) is 9.78 Å². The van der Waals surface area contributed by atoms with Crippen LogP contribution in [0.5, 0.6) is 0 Å². The lowest BCUT2D eigenvalue weighted by atomic mass is 10.3. The van der Waals surface area contributed by atoms with Gasteiger partial charge in [0.25, 0.3) is 5.56 Å². The summed E-state index contributed by atoms with van der Waals surface area (Å²) in [7, 11) is 1.59. The summed E-state index contributed by atoms with van der Waals surface area (Å²) in [6.07, 6.45) is 3.13. The van der Waals surface area contributed by atoms with E-state index in [1.807, 2.05) is 22.6 Å². The molecule has 0 atom stereocenters. The van der Waals surface area contributed by atoms with Gasteiger partial charge in [0.15, 0.2) is 0 Å². The van der Waals surface area contributed by atoms with Crippen LogP contribution in [0.25, 0.3) is 6.08 Å². The highest BCUT2D eigenvalue weighted by Gasteiger charge is 1.96. The Morgan fingerprint density at radius 1 is 1.58 bits per heavy atom. The molecule has 0 saturated heterocycles. The van der Waals surface area contributed by atoms with Crippen molar-refractivity contribution in [3.63, 3.8) is 0 Å². The van der Waals surface area contributed by atoms with Gasteiger partial charge in [-0.25, -0.2) is 4.79 Å². The van der Waals surface area contributed by atoms with Crippen LogP contribution in [-0.4, -0.2) is 9.55 Å². The Morgan fingerprint density at radius 3 is 2.83 bits per heavy atom. The van der Waals surface area contributed by atoms with Crippen molar-refractivity contribution < 1.29 is 0 Å². The summed E-state index contributed by atoms with van der Waals surface area (Å²) in [6, 6.07) is 0. The van der Waals surface area contributed by atoms with Crippen molar-refractivity contribution in [3.05, 3.63) is 36.7 Å². The second-order valence-corrected chi connectivity index (χ2v) is 2.97.